The van der Waals surface area contributed by atoms with Gasteiger partial charge in [-0.2, -0.15) is 0 Å². The minimum Gasteiger partial charge on any atom is -0.479 e. The van der Waals surface area contributed by atoms with Gasteiger partial charge in [0.05, 0.1) is 5.92 Å². The van der Waals surface area contributed by atoms with Gasteiger partial charge in [0.25, 0.3) is 0 Å². The van der Waals surface area contributed by atoms with Gasteiger partial charge in [-0.25, -0.2) is 4.79 Å². The van der Waals surface area contributed by atoms with Crippen molar-refractivity contribution in [1.82, 2.24) is 5.32 Å². The van der Waals surface area contributed by atoms with Gasteiger partial charge in [-0.1, -0.05) is 6.42 Å². The number of rotatable bonds is 5. The highest BCUT2D eigenvalue weighted by molar-refractivity contribution is 5.79. The van der Waals surface area contributed by atoms with Gasteiger partial charge in [0.2, 0.25) is 5.91 Å². The van der Waals surface area contributed by atoms with Gasteiger partial charge in [-0.15, -0.1) is 0 Å². The van der Waals surface area contributed by atoms with E-state index < -0.39 is 12.1 Å². The summed E-state index contributed by atoms with van der Waals surface area (Å²) in [5.41, 5.74) is 5.76. The van der Waals surface area contributed by atoms with Crippen LogP contribution in [-0.4, -0.2) is 40.8 Å². The van der Waals surface area contributed by atoms with Crippen LogP contribution in [0.3, 0.4) is 0 Å². The Bertz CT molecular complexity index is 270. The summed E-state index contributed by atoms with van der Waals surface area (Å²) in [7, 11) is 0. The Morgan fingerprint density at radius 2 is 2.12 bits per heavy atom. The number of carbonyl (C=O) groups excluding carboxylic acids is 1. The number of aliphatic hydroxyl groups is 1. The Kier molecular flexibility index (Phi) is 4.70. The maximum atomic E-state index is 11.6. The van der Waals surface area contributed by atoms with Crippen LogP contribution in [0.2, 0.25) is 0 Å². The zero-order valence-corrected chi connectivity index (χ0v) is 9.06. The topological polar surface area (TPSA) is 113 Å². The summed E-state index contributed by atoms with van der Waals surface area (Å²) < 4.78 is 0. The third-order valence-corrected chi connectivity index (χ3v) is 2.91. The van der Waals surface area contributed by atoms with Gasteiger partial charge in [-0.3, -0.25) is 4.79 Å². The summed E-state index contributed by atoms with van der Waals surface area (Å²) in [6.07, 6.45) is 1.20. The molecule has 0 aromatic rings. The molecule has 1 amide bonds. The van der Waals surface area contributed by atoms with Crippen LogP contribution in [-0.2, 0) is 9.59 Å². The predicted molar refractivity (Wildman–Crippen MR) is 56.6 cm³/mol. The molecule has 6 nitrogen and oxygen atoms in total. The average molecular weight is 230 g/mol. The fourth-order valence-electron chi connectivity index (χ4n) is 1.90. The molecule has 1 fully saturated rings. The van der Waals surface area contributed by atoms with Crippen molar-refractivity contribution in [2.75, 3.05) is 6.54 Å². The lowest BCUT2D eigenvalue weighted by Crippen LogP contribution is -2.40. The molecule has 92 valence electrons. The first-order valence-corrected chi connectivity index (χ1v) is 5.46. The summed E-state index contributed by atoms with van der Waals surface area (Å²) in [6, 6.07) is -0.0932. The lowest BCUT2D eigenvalue weighted by Gasteiger charge is -2.15. The van der Waals surface area contributed by atoms with E-state index in [-0.39, 0.29) is 30.8 Å². The summed E-state index contributed by atoms with van der Waals surface area (Å²) in [5, 5.41) is 20.0. The van der Waals surface area contributed by atoms with Crippen LogP contribution >= 0.6 is 0 Å². The molecule has 1 saturated carbocycles. The van der Waals surface area contributed by atoms with Crippen molar-refractivity contribution >= 4 is 11.9 Å². The number of carboxylic acids is 1. The fourth-order valence-corrected chi connectivity index (χ4v) is 1.90. The van der Waals surface area contributed by atoms with E-state index in [0.29, 0.717) is 0 Å². The summed E-state index contributed by atoms with van der Waals surface area (Å²) >= 11 is 0. The van der Waals surface area contributed by atoms with Crippen molar-refractivity contribution in [3.05, 3.63) is 0 Å². The lowest BCUT2D eigenvalue weighted by molar-refractivity contribution is -0.147. The Morgan fingerprint density at radius 3 is 2.62 bits per heavy atom. The van der Waals surface area contributed by atoms with Gasteiger partial charge >= 0.3 is 5.97 Å². The highest BCUT2D eigenvalue weighted by Crippen LogP contribution is 2.23. The van der Waals surface area contributed by atoms with Crippen molar-refractivity contribution in [2.45, 2.75) is 37.8 Å². The molecule has 5 N–H and O–H groups in total. The zero-order valence-electron chi connectivity index (χ0n) is 9.06. The van der Waals surface area contributed by atoms with E-state index in [2.05, 4.69) is 5.32 Å². The van der Waals surface area contributed by atoms with Crippen molar-refractivity contribution in [3.63, 3.8) is 0 Å². The Labute approximate surface area is 93.8 Å². The van der Waals surface area contributed by atoms with E-state index in [0.717, 1.165) is 19.3 Å². The molecular formula is C10H18N2O4. The van der Waals surface area contributed by atoms with Gasteiger partial charge in [0.15, 0.2) is 6.10 Å². The molecule has 16 heavy (non-hydrogen) atoms. The number of hydrogen-bond acceptors (Lipinski definition) is 4. The molecule has 1 aliphatic rings. The Hall–Kier alpha value is -1.14. The van der Waals surface area contributed by atoms with E-state index in [1.165, 1.54) is 0 Å². The second kappa shape index (κ2) is 5.81. The quantitative estimate of drug-likeness (QED) is 0.487. The van der Waals surface area contributed by atoms with Crippen LogP contribution in [0.4, 0.5) is 0 Å². The summed E-state index contributed by atoms with van der Waals surface area (Å²) in [4.78, 5) is 21.9. The number of hydrogen-bond donors (Lipinski definition) is 4. The standard InChI is InChI=1S/C10H18N2O4/c11-7-3-1-2-6(7)9(14)12-5-4-8(13)10(15)16/h6-8,13H,1-5,11H2,(H,12,14)(H,15,16)/t6?,7?,8-/m0/s1. The monoisotopic (exact) mass is 230 g/mol. The number of aliphatic hydroxyl groups excluding tert-OH is 1. The minimum atomic E-state index is -1.42. The number of aliphatic carboxylic acids is 1. The fraction of sp³-hybridized carbons (Fsp3) is 0.800. The van der Waals surface area contributed by atoms with Crippen molar-refractivity contribution in [2.24, 2.45) is 11.7 Å². The second-order valence-electron chi connectivity index (χ2n) is 4.13. The lowest BCUT2D eigenvalue weighted by atomic mass is 10.0. The van der Waals surface area contributed by atoms with E-state index in [1.807, 2.05) is 0 Å². The maximum absolute atomic E-state index is 11.6. The second-order valence-corrected chi connectivity index (χ2v) is 4.13. The van der Waals surface area contributed by atoms with E-state index in [4.69, 9.17) is 15.9 Å². The summed E-state index contributed by atoms with van der Waals surface area (Å²) in [6.45, 7) is 0.162. The predicted octanol–water partition coefficient (Wildman–Crippen LogP) is -0.934. The molecule has 1 aliphatic carbocycles. The first kappa shape index (κ1) is 12.9. The molecule has 0 heterocycles. The molecule has 0 aromatic carbocycles. The van der Waals surface area contributed by atoms with E-state index >= 15 is 0 Å². The van der Waals surface area contributed by atoms with Crippen molar-refractivity contribution in [1.29, 1.82) is 0 Å². The molecule has 3 atom stereocenters. The van der Waals surface area contributed by atoms with E-state index in [9.17, 15) is 9.59 Å². The molecule has 1 rings (SSSR count). The Balaban J connectivity index is 2.22. The smallest absolute Gasteiger partial charge is 0.332 e. The first-order chi connectivity index (χ1) is 7.52. The number of amides is 1. The molecule has 0 aliphatic heterocycles. The molecule has 0 spiro atoms. The third-order valence-electron chi connectivity index (χ3n) is 2.91. The van der Waals surface area contributed by atoms with Gasteiger partial charge in [-0.05, 0) is 12.8 Å². The highest BCUT2D eigenvalue weighted by Gasteiger charge is 2.29. The van der Waals surface area contributed by atoms with Crippen LogP contribution in [0, 0.1) is 5.92 Å². The van der Waals surface area contributed by atoms with Gasteiger partial charge < -0.3 is 21.3 Å². The van der Waals surface area contributed by atoms with Crippen molar-refractivity contribution < 1.29 is 19.8 Å². The molecule has 0 bridgehead atoms. The van der Waals surface area contributed by atoms with Crippen LogP contribution in [0.5, 0.6) is 0 Å². The largest absolute Gasteiger partial charge is 0.479 e. The number of carbonyl (C=O) groups is 2. The number of nitrogens with two attached hydrogens (primary N) is 1. The molecule has 2 unspecified atom stereocenters. The summed E-state index contributed by atoms with van der Waals surface area (Å²) in [5.74, 6) is -1.57. The number of nitrogens with one attached hydrogen (secondary N) is 1. The molecular weight excluding hydrogens is 212 g/mol. The SMILES string of the molecule is NC1CCCC1C(=O)NCC[C@H](O)C(=O)O. The van der Waals surface area contributed by atoms with E-state index in [1.54, 1.807) is 0 Å². The average Bonchev–Trinajstić information content (AvgIpc) is 2.64. The molecule has 0 aromatic heterocycles. The van der Waals surface area contributed by atoms with Gasteiger partial charge in [0.1, 0.15) is 0 Å². The third kappa shape index (κ3) is 3.46. The highest BCUT2D eigenvalue weighted by atomic mass is 16.4. The van der Waals surface area contributed by atoms with Crippen LogP contribution in [0.15, 0.2) is 0 Å². The molecule has 0 saturated heterocycles. The normalized spacial score (nSPS) is 26.4. The first-order valence-electron chi connectivity index (χ1n) is 5.46. The Morgan fingerprint density at radius 1 is 1.44 bits per heavy atom. The minimum absolute atomic E-state index is 0.0169. The number of carboxylic acid groups (broad SMARTS) is 1. The molecule has 0 radical (unpaired) electrons. The van der Waals surface area contributed by atoms with Crippen LogP contribution in [0.25, 0.3) is 0 Å². The van der Waals surface area contributed by atoms with Crippen LogP contribution < -0.4 is 11.1 Å². The van der Waals surface area contributed by atoms with Gasteiger partial charge in [0, 0.05) is 19.0 Å². The zero-order chi connectivity index (χ0) is 12.1. The van der Waals surface area contributed by atoms with Crippen LogP contribution in [0.1, 0.15) is 25.7 Å². The maximum Gasteiger partial charge on any atom is 0.332 e. The van der Waals surface area contributed by atoms with Crippen molar-refractivity contribution in [3.8, 4) is 0 Å². The molecule has 6 heteroatoms.